The molecule has 3 heterocycles. The lowest BCUT2D eigenvalue weighted by Gasteiger charge is -2.33. The summed E-state index contributed by atoms with van der Waals surface area (Å²) >= 11 is 0. The number of piperidine rings is 1. The second-order valence-corrected chi connectivity index (χ2v) is 6.51. The van der Waals surface area contributed by atoms with Gasteiger partial charge in [0, 0.05) is 31.4 Å². The molecular weight excluding hydrogens is 278 g/mol. The van der Waals surface area contributed by atoms with Gasteiger partial charge < -0.3 is 9.64 Å². The third-order valence-corrected chi connectivity index (χ3v) is 4.95. The fourth-order valence-electron chi connectivity index (χ4n) is 3.90. The molecule has 2 saturated heterocycles. The largest absolute Gasteiger partial charge is 0.375 e. The molecule has 1 amide bonds. The third kappa shape index (κ3) is 2.11. The Kier molecular flexibility index (Phi) is 3.18. The van der Waals surface area contributed by atoms with Gasteiger partial charge in [-0.05, 0) is 25.8 Å². The summed E-state index contributed by atoms with van der Waals surface area (Å²) < 4.78 is 7.70. The van der Waals surface area contributed by atoms with Gasteiger partial charge in [-0.15, -0.1) is 0 Å². The van der Waals surface area contributed by atoms with Crippen LogP contribution in [0.4, 0.5) is 0 Å². The molecule has 1 aromatic carbocycles. The van der Waals surface area contributed by atoms with Crippen molar-refractivity contribution >= 4 is 16.8 Å². The number of fused-ring (bicyclic) bond motifs is 2. The highest BCUT2D eigenvalue weighted by Crippen LogP contribution is 2.33. The molecule has 3 atom stereocenters. The standard InChI is InChI=1S/C17H21N3O2/c1-11-9-12-10-20(8-7-15(12)22-11)17(21)16-13-5-3-4-6-14(13)19(2)18-16/h3-6,11-12,15H,7-10H2,1-2H3/t11-,12-,15-/m0/s1. The van der Waals surface area contributed by atoms with Crippen LogP contribution in [0, 0.1) is 5.92 Å². The van der Waals surface area contributed by atoms with Crippen LogP contribution in [-0.4, -0.2) is 45.9 Å². The molecule has 5 nitrogen and oxygen atoms in total. The van der Waals surface area contributed by atoms with Gasteiger partial charge in [0.2, 0.25) is 0 Å². The van der Waals surface area contributed by atoms with Crippen molar-refractivity contribution in [2.24, 2.45) is 13.0 Å². The zero-order valence-corrected chi connectivity index (χ0v) is 13.0. The van der Waals surface area contributed by atoms with Crippen LogP contribution in [0.5, 0.6) is 0 Å². The highest BCUT2D eigenvalue weighted by molar-refractivity contribution is 6.04. The number of aromatic nitrogens is 2. The van der Waals surface area contributed by atoms with Crippen molar-refractivity contribution in [1.82, 2.24) is 14.7 Å². The molecule has 0 spiro atoms. The van der Waals surface area contributed by atoms with Crippen molar-refractivity contribution in [2.75, 3.05) is 13.1 Å². The number of nitrogens with zero attached hydrogens (tertiary/aromatic N) is 3. The average Bonchev–Trinajstić information content (AvgIpc) is 3.06. The number of carbonyl (C=O) groups is 1. The quantitative estimate of drug-likeness (QED) is 0.811. The zero-order valence-electron chi connectivity index (χ0n) is 13.0. The summed E-state index contributed by atoms with van der Waals surface area (Å²) in [4.78, 5) is 14.9. The van der Waals surface area contributed by atoms with Crippen LogP contribution < -0.4 is 0 Å². The van der Waals surface area contributed by atoms with Crippen LogP contribution >= 0.6 is 0 Å². The number of ether oxygens (including phenoxy) is 1. The Bertz CT molecular complexity index is 724. The van der Waals surface area contributed by atoms with Crippen LogP contribution in [0.15, 0.2) is 24.3 Å². The second kappa shape index (κ2) is 5.09. The Morgan fingerprint density at radius 1 is 1.36 bits per heavy atom. The normalized spacial score (nSPS) is 28.1. The molecule has 5 heteroatoms. The molecule has 2 aliphatic heterocycles. The number of rotatable bonds is 1. The number of aryl methyl sites for hydroxylation is 1. The topological polar surface area (TPSA) is 47.4 Å². The number of carbonyl (C=O) groups excluding carboxylic acids is 1. The van der Waals surface area contributed by atoms with Gasteiger partial charge in [0.05, 0.1) is 17.7 Å². The van der Waals surface area contributed by atoms with E-state index in [1.165, 1.54) is 0 Å². The zero-order chi connectivity index (χ0) is 15.3. The number of benzene rings is 1. The first-order valence-corrected chi connectivity index (χ1v) is 8.00. The Morgan fingerprint density at radius 2 is 2.18 bits per heavy atom. The molecule has 0 unspecified atom stereocenters. The maximum Gasteiger partial charge on any atom is 0.275 e. The monoisotopic (exact) mass is 299 g/mol. The minimum atomic E-state index is 0.0507. The van der Waals surface area contributed by atoms with E-state index in [1.807, 2.05) is 36.2 Å². The molecule has 2 aliphatic rings. The highest BCUT2D eigenvalue weighted by atomic mass is 16.5. The van der Waals surface area contributed by atoms with Gasteiger partial charge in [0.25, 0.3) is 5.91 Å². The molecule has 1 aromatic heterocycles. The SMILES string of the molecule is C[C@H]1C[C@H]2CN(C(=O)c3nn(C)c4ccccc34)CC[C@@H]2O1. The van der Waals surface area contributed by atoms with Crippen LogP contribution in [0.1, 0.15) is 30.3 Å². The summed E-state index contributed by atoms with van der Waals surface area (Å²) in [5.41, 5.74) is 1.57. The summed E-state index contributed by atoms with van der Waals surface area (Å²) in [6, 6.07) is 7.90. The lowest BCUT2D eigenvalue weighted by Crippen LogP contribution is -2.44. The summed E-state index contributed by atoms with van der Waals surface area (Å²) in [5, 5.41) is 5.40. The number of amides is 1. The van der Waals surface area contributed by atoms with Gasteiger partial charge in [-0.25, -0.2) is 0 Å². The van der Waals surface area contributed by atoms with E-state index in [0.717, 1.165) is 36.8 Å². The van der Waals surface area contributed by atoms with Gasteiger partial charge in [-0.2, -0.15) is 5.10 Å². The minimum Gasteiger partial charge on any atom is -0.375 e. The van der Waals surface area contributed by atoms with Crippen molar-refractivity contribution < 1.29 is 9.53 Å². The first-order valence-electron chi connectivity index (χ1n) is 8.00. The minimum absolute atomic E-state index is 0.0507. The Morgan fingerprint density at radius 3 is 3.05 bits per heavy atom. The Hall–Kier alpha value is -1.88. The summed E-state index contributed by atoms with van der Waals surface area (Å²) in [6.07, 6.45) is 2.64. The predicted molar refractivity (Wildman–Crippen MR) is 83.7 cm³/mol. The van der Waals surface area contributed by atoms with Crippen LogP contribution in [0.25, 0.3) is 10.9 Å². The molecule has 2 fully saturated rings. The number of hydrogen-bond acceptors (Lipinski definition) is 3. The van der Waals surface area contributed by atoms with Crippen molar-refractivity contribution in [3.8, 4) is 0 Å². The van der Waals surface area contributed by atoms with Crippen molar-refractivity contribution in [3.63, 3.8) is 0 Å². The lowest BCUT2D eigenvalue weighted by atomic mass is 9.93. The molecule has 4 rings (SSSR count). The van der Waals surface area contributed by atoms with Gasteiger partial charge in [-0.1, -0.05) is 18.2 Å². The molecule has 22 heavy (non-hydrogen) atoms. The number of hydrogen-bond donors (Lipinski definition) is 0. The van der Waals surface area contributed by atoms with Crippen LogP contribution in [0.3, 0.4) is 0 Å². The summed E-state index contributed by atoms with van der Waals surface area (Å²) in [7, 11) is 1.89. The number of para-hydroxylation sites is 1. The third-order valence-electron chi connectivity index (χ3n) is 4.95. The fraction of sp³-hybridized carbons (Fsp3) is 0.529. The van der Waals surface area contributed by atoms with Gasteiger partial charge in [0.15, 0.2) is 5.69 Å². The van der Waals surface area contributed by atoms with E-state index in [9.17, 15) is 4.79 Å². The highest BCUT2D eigenvalue weighted by Gasteiger charge is 2.39. The molecule has 0 radical (unpaired) electrons. The van der Waals surface area contributed by atoms with E-state index in [0.29, 0.717) is 23.8 Å². The molecule has 2 aromatic rings. The second-order valence-electron chi connectivity index (χ2n) is 6.51. The van der Waals surface area contributed by atoms with Crippen molar-refractivity contribution in [2.45, 2.75) is 32.0 Å². The smallest absolute Gasteiger partial charge is 0.275 e. The lowest BCUT2D eigenvalue weighted by molar-refractivity contribution is 0.00853. The molecule has 0 aliphatic carbocycles. The van der Waals surface area contributed by atoms with Gasteiger partial charge in [-0.3, -0.25) is 9.48 Å². The van der Waals surface area contributed by atoms with E-state index in [1.54, 1.807) is 4.68 Å². The van der Waals surface area contributed by atoms with Crippen molar-refractivity contribution in [3.05, 3.63) is 30.0 Å². The molecule has 0 saturated carbocycles. The fourth-order valence-corrected chi connectivity index (χ4v) is 3.90. The molecule has 0 bridgehead atoms. The van der Waals surface area contributed by atoms with Crippen molar-refractivity contribution in [1.29, 1.82) is 0 Å². The van der Waals surface area contributed by atoms with E-state index in [4.69, 9.17) is 4.74 Å². The number of likely N-dealkylation sites (tertiary alicyclic amines) is 1. The maximum atomic E-state index is 12.9. The summed E-state index contributed by atoms with van der Waals surface area (Å²) in [6.45, 7) is 3.67. The van der Waals surface area contributed by atoms with Crippen LogP contribution in [-0.2, 0) is 11.8 Å². The van der Waals surface area contributed by atoms with E-state index >= 15 is 0 Å². The first kappa shape index (κ1) is 13.8. The molecule has 116 valence electrons. The van der Waals surface area contributed by atoms with E-state index in [-0.39, 0.29) is 5.91 Å². The maximum absolute atomic E-state index is 12.9. The van der Waals surface area contributed by atoms with Gasteiger partial charge >= 0.3 is 0 Å². The molecular formula is C17H21N3O2. The van der Waals surface area contributed by atoms with E-state index < -0.39 is 0 Å². The Labute approximate surface area is 129 Å². The van der Waals surface area contributed by atoms with E-state index in [2.05, 4.69) is 12.0 Å². The van der Waals surface area contributed by atoms with Gasteiger partial charge in [0.1, 0.15) is 0 Å². The predicted octanol–water partition coefficient (Wildman–Crippen LogP) is 2.21. The van der Waals surface area contributed by atoms with Crippen LogP contribution in [0.2, 0.25) is 0 Å². The molecule has 0 N–H and O–H groups in total. The summed E-state index contributed by atoms with van der Waals surface area (Å²) in [5.74, 6) is 0.525. The average molecular weight is 299 g/mol. The first-order chi connectivity index (χ1) is 10.6. The Balaban J connectivity index is 1.61.